The van der Waals surface area contributed by atoms with Gasteiger partial charge in [-0.15, -0.1) is 0 Å². The zero-order valence-electron chi connectivity index (χ0n) is 37.6. The molecule has 0 N–H and O–H groups in total. The number of esters is 2. The Morgan fingerprint density at radius 1 is 0.286 bits per heavy atom. The summed E-state index contributed by atoms with van der Waals surface area (Å²) >= 11 is 0. The van der Waals surface area contributed by atoms with E-state index in [9.17, 15) is 9.59 Å². The number of carbonyl (C=O) groups excluding carboxylic acids is 2. The van der Waals surface area contributed by atoms with Crippen LogP contribution in [0, 0.1) is 0 Å². The Balaban J connectivity index is 1.86. The van der Waals surface area contributed by atoms with Crippen molar-refractivity contribution in [3.8, 4) is 0 Å². The number of carbonyl (C=O) groups is 2. The lowest BCUT2D eigenvalue weighted by Crippen LogP contribution is -2.09. The number of ether oxygens (including phenoxy) is 2. The Bertz CT molecular complexity index is 879. The molecule has 0 spiro atoms. The average molecular weight is 783 g/mol. The molecule has 0 aliphatic rings. The highest BCUT2D eigenvalue weighted by Gasteiger charge is 2.11. The van der Waals surface area contributed by atoms with Crippen molar-refractivity contribution in [2.75, 3.05) is 13.2 Å². The second-order valence-corrected chi connectivity index (χ2v) is 17.3. The first-order chi connectivity index (χ1) is 27.7. The third kappa shape index (κ3) is 35.3. The van der Waals surface area contributed by atoms with Crippen LogP contribution in [0.15, 0.2) is 24.3 Å². The van der Waals surface area contributed by atoms with E-state index in [1.807, 2.05) is 0 Å². The summed E-state index contributed by atoms with van der Waals surface area (Å²) in [6.45, 7) is 5.50. The first kappa shape index (κ1) is 52.2. The summed E-state index contributed by atoms with van der Waals surface area (Å²) in [7, 11) is 0. The molecule has 56 heavy (non-hydrogen) atoms. The quantitative estimate of drug-likeness (QED) is 0.0489. The molecule has 0 aliphatic heterocycles. The predicted molar refractivity (Wildman–Crippen MR) is 243 cm³/mol. The van der Waals surface area contributed by atoms with Gasteiger partial charge in [0, 0.05) is 0 Å². The summed E-state index contributed by atoms with van der Waals surface area (Å²) in [4.78, 5) is 24.9. The van der Waals surface area contributed by atoms with Gasteiger partial charge in [0.25, 0.3) is 0 Å². The molecule has 0 amide bonds. The number of hydrogen-bond acceptors (Lipinski definition) is 4. The van der Waals surface area contributed by atoms with Crippen LogP contribution in [-0.2, 0) is 9.47 Å². The van der Waals surface area contributed by atoms with Crippen LogP contribution in [-0.4, -0.2) is 25.2 Å². The molecule has 0 bridgehead atoms. The van der Waals surface area contributed by atoms with E-state index in [0.717, 1.165) is 25.7 Å². The normalized spacial score (nSPS) is 11.3. The van der Waals surface area contributed by atoms with Gasteiger partial charge in [-0.05, 0) is 37.1 Å². The van der Waals surface area contributed by atoms with Gasteiger partial charge in [0.15, 0.2) is 0 Å². The molecule has 326 valence electrons. The fraction of sp³-hybridized carbons (Fsp3) is 0.846. The first-order valence-corrected chi connectivity index (χ1v) is 25.1. The van der Waals surface area contributed by atoms with Gasteiger partial charge in [0.1, 0.15) is 0 Å². The van der Waals surface area contributed by atoms with Crippen molar-refractivity contribution in [3.63, 3.8) is 0 Å². The predicted octanol–water partition coefficient (Wildman–Crippen LogP) is 17.6. The molecule has 0 aromatic heterocycles. The molecule has 4 nitrogen and oxygen atoms in total. The Hall–Kier alpha value is -1.84. The SMILES string of the molecule is CCCCCCCCCCCCCCCCCCCCCCOC(=O)c1ccc(C(=O)OCCCCCCCCCCCCCCCCCCCCCC)cc1. The van der Waals surface area contributed by atoms with Crippen LogP contribution in [0.1, 0.15) is 291 Å². The molecule has 0 radical (unpaired) electrons. The summed E-state index contributed by atoms with van der Waals surface area (Å²) in [5, 5.41) is 0. The Morgan fingerprint density at radius 3 is 0.625 bits per heavy atom. The largest absolute Gasteiger partial charge is 0.462 e. The maximum atomic E-state index is 12.5. The molecule has 0 aliphatic carbocycles. The van der Waals surface area contributed by atoms with E-state index in [2.05, 4.69) is 13.8 Å². The van der Waals surface area contributed by atoms with Crippen LogP contribution < -0.4 is 0 Å². The minimum Gasteiger partial charge on any atom is -0.462 e. The monoisotopic (exact) mass is 783 g/mol. The van der Waals surface area contributed by atoms with Crippen LogP contribution in [0.25, 0.3) is 0 Å². The smallest absolute Gasteiger partial charge is 0.338 e. The van der Waals surface area contributed by atoms with Gasteiger partial charge < -0.3 is 9.47 Å². The van der Waals surface area contributed by atoms with Crippen LogP contribution in [0.3, 0.4) is 0 Å². The van der Waals surface area contributed by atoms with Crippen molar-refractivity contribution in [2.45, 2.75) is 271 Å². The lowest BCUT2D eigenvalue weighted by atomic mass is 10.0. The van der Waals surface area contributed by atoms with E-state index in [4.69, 9.17) is 9.47 Å². The summed E-state index contributed by atoms with van der Waals surface area (Å²) < 4.78 is 11.0. The van der Waals surface area contributed by atoms with E-state index >= 15 is 0 Å². The Labute approximate surface area is 349 Å². The van der Waals surface area contributed by atoms with Crippen LogP contribution in [0.2, 0.25) is 0 Å². The third-order valence-corrected chi connectivity index (χ3v) is 11.8. The lowest BCUT2D eigenvalue weighted by Gasteiger charge is -2.07. The molecule has 0 saturated carbocycles. The first-order valence-electron chi connectivity index (χ1n) is 25.1. The van der Waals surface area contributed by atoms with Gasteiger partial charge in [0.05, 0.1) is 24.3 Å². The summed E-state index contributed by atoms with van der Waals surface area (Å²) in [5.74, 6) is -0.626. The van der Waals surface area contributed by atoms with Crippen molar-refractivity contribution in [3.05, 3.63) is 35.4 Å². The van der Waals surface area contributed by atoms with E-state index in [0.29, 0.717) is 24.3 Å². The molecular formula is C52H94O4. The van der Waals surface area contributed by atoms with Gasteiger partial charge >= 0.3 is 11.9 Å². The van der Waals surface area contributed by atoms with Gasteiger partial charge in [0.2, 0.25) is 0 Å². The molecule has 0 unspecified atom stereocenters. The maximum Gasteiger partial charge on any atom is 0.338 e. The molecule has 1 aromatic carbocycles. The van der Waals surface area contributed by atoms with Gasteiger partial charge in [-0.1, -0.05) is 258 Å². The standard InChI is InChI=1S/C52H94O4/c1-3-5-7-9-11-13-15-17-19-21-23-25-27-29-31-33-35-37-39-41-47-55-51(53)49-43-45-50(46-44-49)52(54)56-48-42-40-38-36-34-32-30-28-26-24-22-20-18-16-14-12-10-8-6-4-2/h43-46H,3-42,47-48H2,1-2H3. The number of rotatable bonds is 44. The molecule has 1 rings (SSSR count). The van der Waals surface area contributed by atoms with Crippen molar-refractivity contribution < 1.29 is 19.1 Å². The Morgan fingerprint density at radius 2 is 0.446 bits per heavy atom. The minimum absolute atomic E-state index is 0.313. The molecule has 0 heterocycles. The lowest BCUT2D eigenvalue weighted by molar-refractivity contribution is 0.0483. The van der Waals surface area contributed by atoms with Gasteiger partial charge in [-0.3, -0.25) is 0 Å². The molecule has 0 atom stereocenters. The zero-order chi connectivity index (χ0) is 40.3. The molecular weight excluding hydrogens is 689 g/mol. The third-order valence-electron chi connectivity index (χ3n) is 11.8. The van der Waals surface area contributed by atoms with E-state index in [1.54, 1.807) is 24.3 Å². The maximum absolute atomic E-state index is 12.5. The molecule has 0 saturated heterocycles. The highest BCUT2D eigenvalue weighted by Crippen LogP contribution is 2.17. The van der Waals surface area contributed by atoms with Gasteiger partial charge in [-0.2, -0.15) is 0 Å². The highest BCUT2D eigenvalue weighted by molar-refractivity contribution is 5.93. The van der Waals surface area contributed by atoms with E-state index in [-0.39, 0.29) is 11.9 Å². The second kappa shape index (κ2) is 42.8. The van der Waals surface area contributed by atoms with Crippen molar-refractivity contribution in [1.29, 1.82) is 0 Å². The topological polar surface area (TPSA) is 52.6 Å². The number of benzene rings is 1. The summed E-state index contributed by atoms with van der Waals surface area (Å²) in [6.07, 6.45) is 54.2. The van der Waals surface area contributed by atoms with Crippen LogP contribution in [0.5, 0.6) is 0 Å². The summed E-state index contributed by atoms with van der Waals surface area (Å²) in [5.41, 5.74) is 0.979. The molecule has 0 fully saturated rings. The molecule has 4 heteroatoms. The van der Waals surface area contributed by atoms with Crippen molar-refractivity contribution in [2.24, 2.45) is 0 Å². The van der Waals surface area contributed by atoms with E-state index < -0.39 is 0 Å². The number of unbranched alkanes of at least 4 members (excludes halogenated alkanes) is 38. The second-order valence-electron chi connectivity index (χ2n) is 17.3. The van der Waals surface area contributed by atoms with Crippen LogP contribution in [0.4, 0.5) is 0 Å². The summed E-state index contributed by atoms with van der Waals surface area (Å²) in [6, 6.07) is 6.70. The van der Waals surface area contributed by atoms with E-state index in [1.165, 1.54) is 231 Å². The van der Waals surface area contributed by atoms with Gasteiger partial charge in [-0.25, -0.2) is 9.59 Å². The Kier molecular flexibility index (Phi) is 39.8. The highest BCUT2D eigenvalue weighted by atomic mass is 16.5. The zero-order valence-corrected chi connectivity index (χ0v) is 37.6. The minimum atomic E-state index is -0.313. The van der Waals surface area contributed by atoms with Crippen molar-refractivity contribution in [1.82, 2.24) is 0 Å². The fourth-order valence-electron chi connectivity index (χ4n) is 7.95. The van der Waals surface area contributed by atoms with Crippen LogP contribution >= 0.6 is 0 Å². The average Bonchev–Trinajstić information content (AvgIpc) is 3.21. The number of hydrogen-bond donors (Lipinski definition) is 0. The fourth-order valence-corrected chi connectivity index (χ4v) is 7.95. The molecule has 1 aromatic rings. The van der Waals surface area contributed by atoms with Crippen molar-refractivity contribution >= 4 is 11.9 Å².